The van der Waals surface area contributed by atoms with Gasteiger partial charge in [0.05, 0.1) is 16.9 Å². The van der Waals surface area contributed by atoms with Crippen molar-refractivity contribution in [2.75, 3.05) is 5.73 Å². The van der Waals surface area contributed by atoms with E-state index in [1.807, 2.05) is 6.92 Å². The third-order valence-corrected chi connectivity index (χ3v) is 1.68. The molecule has 0 aliphatic rings. The molecule has 2 rings (SSSR count). The van der Waals surface area contributed by atoms with Crippen molar-refractivity contribution in [3.05, 3.63) is 18.2 Å². The fourth-order valence-corrected chi connectivity index (χ4v) is 1.08. The van der Waals surface area contributed by atoms with E-state index in [2.05, 4.69) is 15.0 Å². The van der Waals surface area contributed by atoms with Gasteiger partial charge in [-0.15, -0.1) is 0 Å². The molecule has 3 N–H and O–H groups in total. The molecule has 56 valence electrons. The Hall–Kier alpha value is -1.58. The van der Waals surface area contributed by atoms with Gasteiger partial charge in [-0.2, -0.15) is 0 Å². The van der Waals surface area contributed by atoms with Crippen molar-refractivity contribution in [1.82, 2.24) is 15.0 Å². The first kappa shape index (κ1) is 6.15. The van der Waals surface area contributed by atoms with Crippen molar-refractivity contribution in [3.63, 3.8) is 0 Å². The van der Waals surface area contributed by atoms with Gasteiger partial charge in [-0.25, -0.2) is 9.97 Å². The molecule has 0 aliphatic carbocycles. The summed E-state index contributed by atoms with van der Waals surface area (Å²) in [5.41, 5.74) is 8.94. The molecule has 0 atom stereocenters. The van der Waals surface area contributed by atoms with Crippen molar-refractivity contribution >= 4 is 16.7 Å². The highest BCUT2D eigenvalue weighted by atomic mass is 14.9. The Morgan fingerprint density at radius 3 is 3.00 bits per heavy atom. The molecule has 11 heavy (non-hydrogen) atoms. The highest BCUT2D eigenvalue weighted by molar-refractivity contribution is 5.88. The fraction of sp³-hybridized carbons (Fsp3) is 0.143. The molecule has 0 fully saturated rings. The highest BCUT2D eigenvalue weighted by Gasteiger charge is 2.02. The van der Waals surface area contributed by atoms with Crippen molar-refractivity contribution in [3.8, 4) is 0 Å². The van der Waals surface area contributed by atoms with Crippen LogP contribution in [0.5, 0.6) is 0 Å². The van der Waals surface area contributed by atoms with Crippen molar-refractivity contribution in [2.45, 2.75) is 6.92 Å². The minimum atomic E-state index is 0.672. The van der Waals surface area contributed by atoms with Crippen molar-refractivity contribution in [2.24, 2.45) is 0 Å². The topological polar surface area (TPSA) is 67.6 Å². The lowest BCUT2D eigenvalue weighted by Crippen LogP contribution is -1.87. The molecule has 0 unspecified atom stereocenters. The molecule has 0 bridgehead atoms. The third kappa shape index (κ3) is 0.756. The van der Waals surface area contributed by atoms with Gasteiger partial charge in [0.15, 0.2) is 0 Å². The molecule has 0 radical (unpaired) electrons. The summed E-state index contributed by atoms with van der Waals surface area (Å²) in [4.78, 5) is 11.1. The lowest BCUT2D eigenvalue weighted by molar-refractivity contribution is 1.14. The van der Waals surface area contributed by atoms with Gasteiger partial charge >= 0.3 is 0 Å². The van der Waals surface area contributed by atoms with Gasteiger partial charge < -0.3 is 10.7 Å². The van der Waals surface area contributed by atoms with Crippen LogP contribution in [0, 0.1) is 6.92 Å². The van der Waals surface area contributed by atoms with Gasteiger partial charge in [0.25, 0.3) is 0 Å². The van der Waals surface area contributed by atoms with Gasteiger partial charge in [-0.05, 0) is 6.92 Å². The van der Waals surface area contributed by atoms with Crippen molar-refractivity contribution < 1.29 is 0 Å². The smallest absolute Gasteiger partial charge is 0.116 e. The fourth-order valence-electron chi connectivity index (χ4n) is 1.08. The molecule has 0 saturated carbocycles. The normalized spacial score (nSPS) is 10.6. The molecular weight excluding hydrogens is 140 g/mol. The Morgan fingerprint density at radius 1 is 1.45 bits per heavy atom. The minimum absolute atomic E-state index is 0.672. The molecule has 0 aliphatic heterocycles. The Kier molecular flexibility index (Phi) is 1.09. The quantitative estimate of drug-likeness (QED) is 0.582. The lowest BCUT2D eigenvalue weighted by Gasteiger charge is -1.92. The van der Waals surface area contributed by atoms with Gasteiger partial charge in [0, 0.05) is 6.20 Å². The van der Waals surface area contributed by atoms with E-state index in [0.29, 0.717) is 5.69 Å². The van der Waals surface area contributed by atoms with Crippen LogP contribution in [0.25, 0.3) is 11.0 Å². The van der Waals surface area contributed by atoms with Crippen LogP contribution in [0.15, 0.2) is 12.5 Å². The number of aromatic nitrogens is 3. The van der Waals surface area contributed by atoms with Crippen LogP contribution in [-0.4, -0.2) is 15.0 Å². The number of nitrogens with two attached hydrogens (primary N) is 1. The van der Waals surface area contributed by atoms with Crippen molar-refractivity contribution in [1.29, 1.82) is 0 Å². The summed E-state index contributed by atoms with van der Waals surface area (Å²) >= 11 is 0. The molecule has 2 aromatic heterocycles. The zero-order chi connectivity index (χ0) is 7.84. The number of nitrogens with zero attached hydrogens (tertiary/aromatic N) is 2. The molecule has 0 spiro atoms. The number of nitrogen functional groups attached to an aromatic ring is 1. The Morgan fingerprint density at radius 2 is 2.27 bits per heavy atom. The number of fused-ring (bicyclic) bond motifs is 1. The standard InChI is InChI=1S/C7H8N4/c1-4-6-7(11-3-10-4)5(8)2-9-6/h2-3,9H,8H2,1H3. The summed E-state index contributed by atoms with van der Waals surface area (Å²) in [5, 5.41) is 0. The number of anilines is 1. The summed E-state index contributed by atoms with van der Waals surface area (Å²) < 4.78 is 0. The van der Waals surface area contributed by atoms with Crippen LogP contribution >= 0.6 is 0 Å². The maximum Gasteiger partial charge on any atom is 0.116 e. The van der Waals surface area contributed by atoms with E-state index in [1.165, 1.54) is 6.33 Å². The van der Waals surface area contributed by atoms with Crippen LogP contribution in [0.4, 0.5) is 5.69 Å². The number of rotatable bonds is 0. The van der Waals surface area contributed by atoms with E-state index in [4.69, 9.17) is 5.73 Å². The van der Waals surface area contributed by atoms with Gasteiger partial charge in [-0.3, -0.25) is 0 Å². The SMILES string of the molecule is Cc1ncnc2c(N)c[nH]c12. The summed E-state index contributed by atoms with van der Waals surface area (Å²) in [6.45, 7) is 1.92. The Labute approximate surface area is 63.5 Å². The average molecular weight is 148 g/mol. The molecule has 2 aromatic rings. The summed E-state index contributed by atoms with van der Waals surface area (Å²) in [6, 6.07) is 0. The average Bonchev–Trinajstić information content (AvgIpc) is 2.35. The maximum absolute atomic E-state index is 5.62. The maximum atomic E-state index is 5.62. The zero-order valence-corrected chi connectivity index (χ0v) is 6.13. The van der Waals surface area contributed by atoms with Crippen LogP contribution in [0.2, 0.25) is 0 Å². The Bertz CT molecular complexity index is 390. The third-order valence-electron chi connectivity index (χ3n) is 1.68. The molecule has 0 aromatic carbocycles. The minimum Gasteiger partial charge on any atom is -0.396 e. The number of hydrogen-bond donors (Lipinski definition) is 2. The summed E-state index contributed by atoms with van der Waals surface area (Å²) in [7, 11) is 0. The molecular formula is C7H8N4. The van der Waals surface area contributed by atoms with Gasteiger partial charge in [0.1, 0.15) is 11.8 Å². The number of nitrogens with one attached hydrogen (secondary N) is 1. The van der Waals surface area contributed by atoms with E-state index >= 15 is 0 Å². The monoisotopic (exact) mass is 148 g/mol. The second-order valence-corrected chi connectivity index (χ2v) is 2.43. The van der Waals surface area contributed by atoms with E-state index in [1.54, 1.807) is 6.20 Å². The largest absolute Gasteiger partial charge is 0.396 e. The predicted octanol–water partition coefficient (Wildman–Crippen LogP) is 0.849. The van der Waals surface area contributed by atoms with Crippen LogP contribution in [0.1, 0.15) is 5.69 Å². The van der Waals surface area contributed by atoms with Crippen LogP contribution < -0.4 is 5.73 Å². The first-order valence-corrected chi connectivity index (χ1v) is 3.33. The van der Waals surface area contributed by atoms with Crippen LogP contribution in [-0.2, 0) is 0 Å². The first-order chi connectivity index (χ1) is 5.29. The lowest BCUT2D eigenvalue weighted by atomic mass is 10.3. The van der Waals surface area contributed by atoms with Crippen LogP contribution in [0.3, 0.4) is 0 Å². The van der Waals surface area contributed by atoms with E-state index in [0.717, 1.165) is 16.7 Å². The Balaban J connectivity index is 2.94. The predicted molar refractivity (Wildman–Crippen MR) is 43.0 cm³/mol. The molecule has 4 nitrogen and oxygen atoms in total. The zero-order valence-electron chi connectivity index (χ0n) is 6.13. The number of aromatic amines is 1. The molecule has 2 heterocycles. The van der Waals surface area contributed by atoms with E-state index in [9.17, 15) is 0 Å². The second kappa shape index (κ2) is 1.95. The van der Waals surface area contributed by atoms with Gasteiger partial charge in [-0.1, -0.05) is 0 Å². The number of H-pyrrole nitrogens is 1. The molecule has 0 saturated heterocycles. The summed E-state index contributed by atoms with van der Waals surface area (Å²) in [5.74, 6) is 0. The highest BCUT2D eigenvalue weighted by Crippen LogP contribution is 2.17. The molecule has 0 amide bonds. The second-order valence-electron chi connectivity index (χ2n) is 2.43. The molecule has 4 heteroatoms. The number of aryl methyl sites for hydroxylation is 1. The first-order valence-electron chi connectivity index (χ1n) is 3.33. The van der Waals surface area contributed by atoms with Gasteiger partial charge in [0.2, 0.25) is 0 Å². The van der Waals surface area contributed by atoms with E-state index < -0.39 is 0 Å². The van der Waals surface area contributed by atoms with E-state index in [-0.39, 0.29) is 0 Å². The summed E-state index contributed by atoms with van der Waals surface area (Å²) in [6.07, 6.45) is 3.24. The number of hydrogen-bond acceptors (Lipinski definition) is 3.